The molecule has 0 aliphatic heterocycles. The van der Waals surface area contributed by atoms with E-state index in [-0.39, 0.29) is 12.5 Å². The number of aliphatic hydroxyl groups is 1. The van der Waals surface area contributed by atoms with Gasteiger partial charge in [0, 0.05) is 6.54 Å². The molecular formula is C19H21NO2. The molecule has 2 aromatic rings. The molecule has 114 valence electrons. The Labute approximate surface area is 131 Å². The Morgan fingerprint density at radius 2 is 1.82 bits per heavy atom. The van der Waals surface area contributed by atoms with Crippen molar-refractivity contribution >= 4 is 5.91 Å². The fraction of sp³-hybridized carbons (Fsp3) is 0.316. The monoisotopic (exact) mass is 295 g/mol. The minimum Gasteiger partial charge on any atom is -0.395 e. The Kier molecular flexibility index (Phi) is 4.25. The number of carbonyl (C=O) groups excluding carboxylic acids is 1. The lowest BCUT2D eigenvalue weighted by Gasteiger charge is -2.36. The van der Waals surface area contributed by atoms with E-state index >= 15 is 0 Å². The van der Waals surface area contributed by atoms with Crippen LogP contribution in [-0.4, -0.2) is 17.6 Å². The molecule has 3 heteroatoms. The number of aryl methyl sites for hydroxylation is 1. The summed E-state index contributed by atoms with van der Waals surface area (Å²) in [4.78, 5) is 12.8. The van der Waals surface area contributed by atoms with Gasteiger partial charge in [0.25, 0.3) is 0 Å². The smallest absolute Gasteiger partial charge is 0.233 e. The number of rotatable bonds is 4. The van der Waals surface area contributed by atoms with Gasteiger partial charge in [-0.2, -0.15) is 0 Å². The number of hydrogen-bond acceptors (Lipinski definition) is 2. The molecule has 0 bridgehead atoms. The topological polar surface area (TPSA) is 49.3 Å². The van der Waals surface area contributed by atoms with Crippen LogP contribution >= 0.6 is 0 Å². The van der Waals surface area contributed by atoms with Crippen LogP contribution in [0.25, 0.3) is 0 Å². The van der Waals surface area contributed by atoms with Crippen LogP contribution in [0, 0.1) is 0 Å². The van der Waals surface area contributed by atoms with Gasteiger partial charge in [-0.1, -0.05) is 54.6 Å². The van der Waals surface area contributed by atoms with E-state index in [0.29, 0.717) is 13.0 Å². The Morgan fingerprint density at radius 3 is 2.59 bits per heavy atom. The molecule has 2 N–H and O–H groups in total. The summed E-state index contributed by atoms with van der Waals surface area (Å²) >= 11 is 0. The maximum absolute atomic E-state index is 12.8. The largest absolute Gasteiger partial charge is 0.395 e. The molecule has 0 fully saturated rings. The maximum Gasteiger partial charge on any atom is 0.233 e. The van der Waals surface area contributed by atoms with Crippen LogP contribution in [0.2, 0.25) is 0 Å². The van der Waals surface area contributed by atoms with Crippen molar-refractivity contribution in [3.8, 4) is 0 Å². The maximum atomic E-state index is 12.8. The Morgan fingerprint density at radius 1 is 1.09 bits per heavy atom. The lowest BCUT2D eigenvalue weighted by atomic mass is 9.69. The molecular weight excluding hydrogens is 274 g/mol. The van der Waals surface area contributed by atoms with E-state index in [9.17, 15) is 9.90 Å². The summed E-state index contributed by atoms with van der Waals surface area (Å²) in [5.74, 6) is -0.0778. The first-order valence-electron chi connectivity index (χ1n) is 7.78. The van der Waals surface area contributed by atoms with Gasteiger partial charge in [0.15, 0.2) is 0 Å². The number of hydrogen-bond donors (Lipinski definition) is 2. The van der Waals surface area contributed by atoms with Gasteiger partial charge in [-0.15, -0.1) is 0 Å². The van der Waals surface area contributed by atoms with Crippen LogP contribution in [0.1, 0.15) is 29.5 Å². The summed E-state index contributed by atoms with van der Waals surface area (Å²) in [5.41, 5.74) is 2.42. The molecule has 2 aromatic carbocycles. The highest BCUT2D eigenvalue weighted by Crippen LogP contribution is 2.37. The van der Waals surface area contributed by atoms with Crippen molar-refractivity contribution in [3.63, 3.8) is 0 Å². The molecule has 1 unspecified atom stereocenters. The normalized spacial score (nSPS) is 20.2. The third-order valence-corrected chi connectivity index (χ3v) is 4.58. The van der Waals surface area contributed by atoms with Crippen LogP contribution in [0.15, 0.2) is 54.6 Å². The van der Waals surface area contributed by atoms with Gasteiger partial charge in [0.2, 0.25) is 5.91 Å². The molecule has 0 saturated carbocycles. The zero-order chi connectivity index (χ0) is 15.4. The van der Waals surface area contributed by atoms with E-state index in [4.69, 9.17) is 0 Å². The average molecular weight is 295 g/mol. The lowest BCUT2D eigenvalue weighted by molar-refractivity contribution is -0.129. The molecule has 3 nitrogen and oxygen atoms in total. The van der Waals surface area contributed by atoms with Crippen molar-refractivity contribution in [3.05, 3.63) is 71.3 Å². The predicted molar refractivity (Wildman–Crippen MR) is 86.4 cm³/mol. The summed E-state index contributed by atoms with van der Waals surface area (Å²) in [6.07, 6.45) is 2.60. The standard InChI is InChI=1S/C19H21NO2/c21-14-19(12-6-10-16-9-4-5-11-17(16)19)18(22)20-13-15-7-2-1-3-8-15/h1-5,7-9,11,21H,6,10,12-14H2,(H,20,22). The molecule has 0 saturated heterocycles. The molecule has 0 aromatic heterocycles. The highest BCUT2D eigenvalue weighted by Gasteiger charge is 2.42. The van der Waals surface area contributed by atoms with E-state index in [0.717, 1.165) is 24.0 Å². The van der Waals surface area contributed by atoms with Crippen molar-refractivity contribution in [2.24, 2.45) is 0 Å². The molecule has 0 heterocycles. The first-order chi connectivity index (χ1) is 10.8. The van der Waals surface area contributed by atoms with Gasteiger partial charge >= 0.3 is 0 Å². The predicted octanol–water partition coefficient (Wildman–Crippen LogP) is 2.57. The molecule has 0 radical (unpaired) electrons. The lowest BCUT2D eigenvalue weighted by Crippen LogP contribution is -2.48. The number of nitrogens with one attached hydrogen (secondary N) is 1. The van der Waals surface area contributed by atoms with Crippen LogP contribution in [0.3, 0.4) is 0 Å². The number of aliphatic hydroxyl groups excluding tert-OH is 1. The highest BCUT2D eigenvalue weighted by molar-refractivity contribution is 5.89. The fourth-order valence-corrected chi connectivity index (χ4v) is 3.34. The molecule has 22 heavy (non-hydrogen) atoms. The number of benzene rings is 2. The second kappa shape index (κ2) is 6.32. The van der Waals surface area contributed by atoms with Gasteiger partial charge in [0.1, 0.15) is 0 Å². The van der Waals surface area contributed by atoms with E-state index in [1.807, 2.05) is 48.5 Å². The fourth-order valence-electron chi connectivity index (χ4n) is 3.34. The van der Waals surface area contributed by atoms with Crippen LogP contribution < -0.4 is 5.32 Å². The average Bonchev–Trinajstić information content (AvgIpc) is 2.60. The molecule has 3 rings (SSSR count). The van der Waals surface area contributed by atoms with Crippen molar-refractivity contribution in [1.82, 2.24) is 5.32 Å². The Hall–Kier alpha value is -2.13. The SMILES string of the molecule is O=C(NCc1ccccc1)C1(CO)CCCc2ccccc21. The van der Waals surface area contributed by atoms with E-state index in [2.05, 4.69) is 11.4 Å². The van der Waals surface area contributed by atoms with E-state index in [1.54, 1.807) is 0 Å². The molecule has 1 aliphatic carbocycles. The molecule has 1 aliphatic rings. The van der Waals surface area contributed by atoms with Crippen LogP contribution in [-0.2, 0) is 23.2 Å². The minimum atomic E-state index is -0.802. The Bertz CT molecular complexity index is 653. The second-order valence-corrected chi connectivity index (χ2v) is 5.92. The summed E-state index contributed by atoms with van der Waals surface area (Å²) < 4.78 is 0. The van der Waals surface area contributed by atoms with Gasteiger partial charge < -0.3 is 10.4 Å². The van der Waals surface area contributed by atoms with Crippen molar-refractivity contribution in [2.75, 3.05) is 6.61 Å². The van der Waals surface area contributed by atoms with Crippen LogP contribution in [0.5, 0.6) is 0 Å². The van der Waals surface area contributed by atoms with Gasteiger partial charge in [-0.3, -0.25) is 4.79 Å². The molecule has 1 atom stereocenters. The quantitative estimate of drug-likeness (QED) is 0.911. The second-order valence-electron chi connectivity index (χ2n) is 5.92. The summed E-state index contributed by atoms with van der Waals surface area (Å²) in [6.45, 7) is 0.341. The third-order valence-electron chi connectivity index (χ3n) is 4.58. The molecule has 1 amide bonds. The first-order valence-corrected chi connectivity index (χ1v) is 7.78. The Balaban J connectivity index is 1.83. The van der Waals surface area contributed by atoms with Crippen molar-refractivity contribution in [1.29, 1.82) is 0 Å². The molecule has 0 spiro atoms. The zero-order valence-electron chi connectivity index (χ0n) is 12.6. The first kappa shape index (κ1) is 14.8. The van der Waals surface area contributed by atoms with Crippen LogP contribution in [0.4, 0.5) is 0 Å². The number of fused-ring (bicyclic) bond motifs is 1. The number of carbonyl (C=O) groups is 1. The van der Waals surface area contributed by atoms with E-state index < -0.39 is 5.41 Å². The summed E-state index contributed by atoms with van der Waals surface area (Å²) in [6, 6.07) is 17.8. The van der Waals surface area contributed by atoms with E-state index in [1.165, 1.54) is 5.56 Å². The van der Waals surface area contributed by atoms with Gasteiger partial charge in [-0.05, 0) is 36.0 Å². The summed E-state index contributed by atoms with van der Waals surface area (Å²) in [5, 5.41) is 13.0. The van der Waals surface area contributed by atoms with Gasteiger partial charge in [0.05, 0.1) is 12.0 Å². The number of amides is 1. The van der Waals surface area contributed by atoms with Gasteiger partial charge in [-0.25, -0.2) is 0 Å². The third kappa shape index (κ3) is 2.64. The minimum absolute atomic E-state index is 0.0778. The van der Waals surface area contributed by atoms with Crippen molar-refractivity contribution in [2.45, 2.75) is 31.2 Å². The highest BCUT2D eigenvalue weighted by atomic mass is 16.3. The summed E-state index contributed by atoms with van der Waals surface area (Å²) in [7, 11) is 0. The zero-order valence-corrected chi connectivity index (χ0v) is 12.6. The van der Waals surface area contributed by atoms with Crippen molar-refractivity contribution < 1.29 is 9.90 Å².